The molecule has 0 spiro atoms. The highest BCUT2D eigenvalue weighted by molar-refractivity contribution is 5.78. The van der Waals surface area contributed by atoms with Crippen LogP contribution in [0.2, 0.25) is 0 Å². The Morgan fingerprint density at radius 1 is 1.38 bits per heavy atom. The number of aryl methyl sites for hydroxylation is 1. The number of aromatic nitrogens is 3. The Balaban J connectivity index is 1.53. The molecule has 1 aliphatic heterocycles. The van der Waals surface area contributed by atoms with Crippen molar-refractivity contribution in [3.63, 3.8) is 0 Å². The van der Waals surface area contributed by atoms with Crippen LogP contribution in [0.1, 0.15) is 50.8 Å². The molecule has 0 radical (unpaired) electrons. The number of hydrogen-bond donors (Lipinski definition) is 2. The molecule has 1 aliphatic carbocycles. The highest BCUT2D eigenvalue weighted by Crippen LogP contribution is 2.20. The second-order valence-corrected chi connectivity index (χ2v) is 5.97. The van der Waals surface area contributed by atoms with Gasteiger partial charge in [-0.25, -0.2) is 9.89 Å². The maximum Gasteiger partial charge on any atom is 0.343 e. The molecule has 0 aromatic carbocycles. The standard InChI is InChI=1S/C15H22N4O2/c20-14(10-11-4-2-1-3-5-11)16-12-6-7-13-17-18-15(21)19(13)9-8-12/h4,12H,1-3,5-10H2,(H,16,20)(H,18,21). The molecule has 0 saturated carbocycles. The van der Waals surface area contributed by atoms with Gasteiger partial charge in [0, 0.05) is 25.4 Å². The van der Waals surface area contributed by atoms with Crippen molar-refractivity contribution in [3.8, 4) is 0 Å². The first-order valence-corrected chi connectivity index (χ1v) is 7.84. The predicted molar refractivity (Wildman–Crippen MR) is 78.9 cm³/mol. The van der Waals surface area contributed by atoms with E-state index in [1.165, 1.54) is 18.4 Å². The number of fused-ring (bicyclic) bond motifs is 1. The summed E-state index contributed by atoms with van der Waals surface area (Å²) in [5.41, 5.74) is 1.13. The Morgan fingerprint density at radius 3 is 3.10 bits per heavy atom. The molecular weight excluding hydrogens is 268 g/mol. The van der Waals surface area contributed by atoms with Gasteiger partial charge in [0.15, 0.2) is 0 Å². The highest BCUT2D eigenvalue weighted by atomic mass is 16.2. The number of carbonyl (C=O) groups excluding carboxylic acids is 1. The molecule has 3 rings (SSSR count). The Hall–Kier alpha value is -1.85. The van der Waals surface area contributed by atoms with E-state index < -0.39 is 0 Å². The number of aromatic amines is 1. The fourth-order valence-corrected chi connectivity index (χ4v) is 3.20. The van der Waals surface area contributed by atoms with E-state index >= 15 is 0 Å². The van der Waals surface area contributed by atoms with Gasteiger partial charge in [-0.2, -0.15) is 5.10 Å². The Bertz CT molecular complexity index is 599. The minimum atomic E-state index is -0.149. The summed E-state index contributed by atoms with van der Waals surface area (Å²) in [6.45, 7) is 0.623. The minimum Gasteiger partial charge on any atom is -0.353 e. The molecule has 6 heteroatoms. The van der Waals surface area contributed by atoms with Crippen molar-refractivity contribution in [2.75, 3.05) is 0 Å². The van der Waals surface area contributed by atoms with Crippen LogP contribution < -0.4 is 11.0 Å². The van der Waals surface area contributed by atoms with Gasteiger partial charge in [0.05, 0.1) is 0 Å². The third-order valence-corrected chi connectivity index (χ3v) is 4.39. The maximum absolute atomic E-state index is 12.1. The summed E-state index contributed by atoms with van der Waals surface area (Å²) < 4.78 is 1.68. The molecule has 0 fully saturated rings. The fraction of sp³-hybridized carbons (Fsp3) is 0.667. The molecule has 0 saturated heterocycles. The van der Waals surface area contributed by atoms with E-state index in [4.69, 9.17) is 0 Å². The zero-order valence-corrected chi connectivity index (χ0v) is 12.2. The SMILES string of the molecule is O=C(CC1=CCCCC1)NC1CCc2n[nH]c(=O)n2CC1. The molecule has 2 N–H and O–H groups in total. The minimum absolute atomic E-state index is 0.113. The van der Waals surface area contributed by atoms with E-state index in [-0.39, 0.29) is 17.6 Å². The lowest BCUT2D eigenvalue weighted by atomic mass is 9.97. The fourth-order valence-electron chi connectivity index (χ4n) is 3.20. The summed E-state index contributed by atoms with van der Waals surface area (Å²) in [7, 11) is 0. The zero-order valence-electron chi connectivity index (χ0n) is 12.2. The van der Waals surface area contributed by atoms with E-state index in [2.05, 4.69) is 21.6 Å². The quantitative estimate of drug-likeness (QED) is 0.823. The second kappa shape index (κ2) is 6.28. The van der Waals surface area contributed by atoms with Gasteiger partial charge in [-0.1, -0.05) is 11.6 Å². The van der Waals surface area contributed by atoms with E-state index in [0.29, 0.717) is 13.0 Å². The number of nitrogens with zero attached hydrogens (tertiary/aromatic N) is 2. The van der Waals surface area contributed by atoms with Crippen molar-refractivity contribution in [2.24, 2.45) is 0 Å². The van der Waals surface area contributed by atoms with Crippen molar-refractivity contribution in [3.05, 3.63) is 28.0 Å². The zero-order chi connectivity index (χ0) is 14.7. The van der Waals surface area contributed by atoms with Gasteiger partial charge in [0.25, 0.3) is 0 Å². The molecular formula is C15H22N4O2. The van der Waals surface area contributed by atoms with E-state index in [0.717, 1.165) is 37.9 Å². The van der Waals surface area contributed by atoms with Crippen LogP contribution in [-0.4, -0.2) is 26.7 Å². The summed E-state index contributed by atoms with van der Waals surface area (Å²) in [5, 5.41) is 9.62. The lowest BCUT2D eigenvalue weighted by molar-refractivity contribution is -0.121. The molecule has 1 amide bonds. The molecule has 2 heterocycles. The lowest BCUT2D eigenvalue weighted by Crippen LogP contribution is -2.35. The van der Waals surface area contributed by atoms with Crippen molar-refractivity contribution in [2.45, 2.75) is 64.0 Å². The van der Waals surface area contributed by atoms with Crippen LogP contribution in [-0.2, 0) is 17.8 Å². The summed E-state index contributed by atoms with van der Waals surface area (Å²) in [5.74, 6) is 0.910. The third kappa shape index (κ3) is 3.43. The van der Waals surface area contributed by atoms with E-state index in [9.17, 15) is 9.59 Å². The molecule has 1 aromatic rings. The molecule has 2 aliphatic rings. The summed E-state index contributed by atoms with van der Waals surface area (Å²) in [4.78, 5) is 23.7. The Morgan fingerprint density at radius 2 is 2.29 bits per heavy atom. The molecule has 6 nitrogen and oxygen atoms in total. The van der Waals surface area contributed by atoms with Gasteiger partial charge in [0.2, 0.25) is 5.91 Å². The van der Waals surface area contributed by atoms with Crippen molar-refractivity contribution >= 4 is 5.91 Å². The second-order valence-electron chi connectivity index (χ2n) is 5.97. The summed E-state index contributed by atoms with van der Waals surface area (Å²) in [6.07, 6.45) is 9.71. The average molecular weight is 290 g/mol. The summed E-state index contributed by atoms with van der Waals surface area (Å²) in [6, 6.07) is 0.141. The number of rotatable bonds is 3. The van der Waals surface area contributed by atoms with Crippen LogP contribution in [0.3, 0.4) is 0 Å². The van der Waals surface area contributed by atoms with E-state index in [1.807, 2.05) is 0 Å². The average Bonchev–Trinajstić information content (AvgIpc) is 2.71. The smallest absolute Gasteiger partial charge is 0.343 e. The van der Waals surface area contributed by atoms with Gasteiger partial charge in [-0.3, -0.25) is 9.36 Å². The largest absolute Gasteiger partial charge is 0.353 e. The van der Waals surface area contributed by atoms with Gasteiger partial charge in [-0.15, -0.1) is 0 Å². The predicted octanol–water partition coefficient (Wildman–Crippen LogP) is 1.28. The third-order valence-electron chi connectivity index (χ3n) is 4.39. The molecule has 1 unspecified atom stereocenters. The van der Waals surface area contributed by atoms with Crippen molar-refractivity contribution in [1.29, 1.82) is 0 Å². The first-order valence-electron chi connectivity index (χ1n) is 7.84. The normalized spacial score (nSPS) is 22.1. The number of hydrogen-bond acceptors (Lipinski definition) is 3. The van der Waals surface area contributed by atoms with Gasteiger partial charge in [0.1, 0.15) is 5.82 Å². The Labute approximate surface area is 123 Å². The number of amides is 1. The van der Waals surface area contributed by atoms with Gasteiger partial charge in [-0.05, 0) is 38.5 Å². The topological polar surface area (TPSA) is 79.8 Å². The van der Waals surface area contributed by atoms with Crippen molar-refractivity contribution in [1.82, 2.24) is 20.1 Å². The summed E-state index contributed by atoms with van der Waals surface area (Å²) >= 11 is 0. The first kappa shape index (κ1) is 14.1. The van der Waals surface area contributed by atoms with Crippen LogP contribution >= 0.6 is 0 Å². The van der Waals surface area contributed by atoms with E-state index in [1.54, 1.807) is 4.57 Å². The molecule has 1 atom stereocenters. The lowest BCUT2D eigenvalue weighted by Gasteiger charge is -2.18. The van der Waals surface area contributed by atoms with Crippen molar-refractivity contribution < 1.29 is 4.79 Å². The van der Waals surface area contributed by atoms with Gasteiger partial charge < -0.3 is 5.32 Å². The van der Waals surface area contributed by atoms with Crippen LogP contribution in [0.15, 0.2) is 16.4 Å². The molecule has 114 valence electrons. The highest BCUT2D eigenvalue weighted by Gasteiger charge is 2.20. The van der Waals surface area contributed by atoms with Crippen LogP contribution in [0.5, 0.6) is 0 Å². The number of H-pyrrole nitrogens is 1. The van der Waals surface area contributed by atoms with Crippen LogP contribution in [0, 0.1) is 0 Å². The number of carbonyl (C=O) groups is 1. The number of nitrogens with one attached hydrogen (secondary N) is 2. The number of allylic oxidation sites excluding steroid dienone is 1. The van der Waals surface area contributed by atoms with Crippen LogP contribution in [0.4, 0.5) is 0 Å². The van der Waals surface area contributed by atoms with Crippen LogP contribution in [0.25, 0.3) is 0 Å². The first-order chi connectivity index (χ1) is 10.2. The molecule has 1 aromatic heterocycles. The monoisotopic (exact) mass is 290 g/mol. The molecule has 0 bridgehead atoms. The Kier molecular flexibility index (Phi) is 4.22. The molecule has 21 heavy (non-hydrogen) atoms. The van der Waals surface area contributed by atoms with Gasteiger partial charge >= 0.3 is 5.69 Å². The maximum atomic E-state index is 12.1.